The molecule has 2 aromatic carbocycles. The summed E-state index contributed by atoms with van der Waals surface area (Å²) in [6, 6.07) is 18.6. The third-order valence-electron chi connectivity index (χ3n) is 5.22. The molecule has 3 N–H and O–H groups in total. The molecule has 3 aromatic heterocycles. The van der Waals surface area contributed by atoms with Crippen molar-refractivity contribution in [3.8, 4) is 5.69 Å². The second-order valence-electron chi connectivity index (χ2n) is 7.63. The molecule has 168 valence electrons. The van der Waals surface area contributed by atoms with E-state index >= 15 is 0 Å². The lowest BCUT2D eigenvalue weighted by molar-refractivity contribution is 0.628. The van der Waals surface area contributed by atoms with Crippen molar-refractivity contribution in [2.24, 2.45) is 0 Å². The monoisotopic (exact) mass is 472 g/mol. The fraction of sp³-hybridized carbons (Fsp3) is 0.0400. The summed E-state index contributed by atoms with van der Waals surface area (Å²) in [5, 5.41) is 3.64. The van der Waals surface area contributed by atoms with E-state index in [9.17, 15) is 9.18 Å². The first-order valence-electron chi connectivity index (χ1n) is 10.4. The summed E-state index contributed by atoms with van der Waals surface area (Å²) >= 11 is 5.88. The standard InChI is InChI=1S/C25H18ClFN6O/c26-21-13-19(7-8-22(21)27)31-25-30-14-16-10-15(11-18-5-1-2-9-29-18)24(34)33(23(16)32-25)20-6-3-4-17(28)12-20/h1-10,12-14H,11,28H2,(H,30,31,32). The van der Waals surface area contributed by atoms with Gasteiger partial charge in [-0.3, -0.25) is 14.3 Å². The fourth-order valence-corrected chi connectivity index (χ4v) is 3.82. The minimum atomic E-state index is -0.525. The van der Waals surface area contributed by atoms with Crippen molar-refractivity contribution in [1.29, 1.82) is 0 Å². The number of nitrogen functional groups attached to an aromatic ring is 1. The second-order valence-corrected chi connectivity index (χ2v) is 8.04. The van der Waals surface area contributed by atoms with Crippen LogP contribution in [0.3, 0.4) is 0 Å². The number of rotatable bonds is 5. The largest absolute Gasteiger partial charge is 0.399 e. The molecule has 0 amide bonds. The molecule has 9 heteroatoms. The summed E-state index contributed by atoms with van der Waals surface area (Å²) in [7, 11) is 0. The van der Waals surface area contributed by atoms with E-state index in [1.54, 1.807) is 42.7 Å². The van der Waals surface area contributed by atoms with Gasteiger partial charge < -0.3 is 11.1 Å². The maximum Gasteiger partial charge on any atom is 0.260 e. The number of pyridine rings is 2. The summed E-state index contributed by atoms with van der Waals surface area (Å²) in [6.45, 7) is 0. The predicted octanol–water partition coefficient (Wildman–Crippen LogP) is 4.88. The Balaban J connectivity index is 1.66. The quantitative estimate of drug-likeness (QED) is 0.353. The van der Waals surface area contributed by atoms with Crippen LogP contribution in [0.15, 0.2) is 83.9 Å². The minimum Gasteiger partial charge on any atom is -0.399 e. The molecule has 5 aromatic rings. The maximum absolute atomic E-state index is 13.6. The van der Waals surface area contributed by atoms with Gasteiger partial charge in [0, 0.05) is 46.8 Å². The molecule has 0 aliphatic heterocycles. The van der Waals surface area contributed by atoms with E-state index in [1.807, 2.05) is 18.2 Å². The molecule has 5 rings (SSSR count). The lowest BCUT2D eigenvalue weighted by atomic mass is 10.1. The highest BCUT2D eigenvalue weighted by Crippen LogP contribution is 2.24. The molecule has 0 spiro atoms. The van der Waals surface area contributed by atoms with E-state index in [4.69, 9.17) is 17.3 Å². The van der Waals surface area contributed by atoms with Gasteiger partial charge in [0.2, 0.25) is 5.95 Å². The van der Waals surface area contributed by atoms with Crippen molar-refractivity contribution in [2.75, 3.05) is 11.1 Å². The molecular weight excluding hydrogens is 455 g/mol. The highest BCUT2D eigenvalue weighted by Gasteiger charge is 2.15. The lowest BCUT2D eigenvalue weighted by Gasteiger charge is -2.14. The molecule has 0 aliphatic carbocycles. The van der Waals surface area contributed by atoms with Crippen LogP contribution in [0.4, 0.5) is 21.7 Å². The van der Waals surface area contributed by atoms with Crippen LogP contribution in [0.2, 0.25) is 5.02 Å². The van der Waals surface area contributed by atoms with Gasteiger partial charge in [-0.2, -0.15) is 4.98 Å². The van der Waals surface area contributed by atoms with Crippen molar-refractivity contribution < 1.29 is 4.39 Å². The van der Waals surface area contributed by atoms with Gasteiger partial charge in [0.25, 0.3) is 5.56 Å². The molecule has 0 bridgehead atoms. The van der Waals surface area contributed by atoms with Gasteiger partial charge in [-0.25, -0.2) is 9.37 Å². The Bertz CT molecular complexity index is 1570. The van der Waals surface area contributed by atoms with Crippen molar-refractivity contribution in [1.82, 2.24) is 19.5 Å². The van der Waals surface area contributed by atoms with E-state index < -0.39 is 5.82 Å². The topological polar surface area (TPSA) is 98.7 Å². The number of anilines is 3. The zero-order valence-corrected chi connectivity index (χ0v) is 18.5. The maximum atomic E-state index is 13.6. The number of nitrogens with zero attached hydrogens (tertiary/aromatic N) is 4. The summed E-state index contributed by atoms with van der Waals surface area (Å²) in [5.41, 5.74) is 9.07. The van der Waals surface area contributed by atoms with Crippen LogP contribution in [0.5, 0.6) is 0 Å². The Morgan fingerprint density at radius 2 is 1.91 bits per heavy atom. The summed E-state index contributed by atoms with van der Waals surface area (Å²) in [5.74, 6) is -0.299. The van der Waals surface area contributed by atoms with E-state index in [1.165, 1.54) is 22.8 Å². The molecule has 0 aliphatic rings. The first-order chi connectivity index (χ1) is 16.5. The van der Waals surface area contributed by atoms with Crippen LogP contribution in [0.25, 0.3) is 16.7 Å². The first-order valence-corrected chi connectivity index (χ1v) is 10.8. The Hall–Kier alpha value is -4.30. The zero-order chi connectivity index (χ0) is 23.7. The molecule has 0 saturated carbocycles. The van der Waals surface area contributed by atoms with Crippen molar-refractivity contribution in [3.63, 3.8) is 0 Å². The number of aromatic nitrogens is 4. The highest BCUT2D eigenvalue weighted by molar-refractivity contribution is 6.31. The average Bonchev–Trinajstić information content (AvgIpc) is 2.83. The van der Waals surface area contributed by atoms with Crippen LogP contribution in [-0.2, 0) is 6.42 Å². The fourth-order valence-electron chi connectivity index (χ4n) is 3.64. The average molecular weight is 473 g/mol. The molecule has 7 nitrogen and oxygen atoms in total. The number of hydrogen-bond acceptors (Lipinski definition) is 6. The number of halogens is 2. The minimum absolute atomic E-state index is 0.0263. The number of benzene rings is 2. The van der Waals surface area contributed by atoms with Gasteiger partial charge >= 0.3 is 0 Å². The van der Waals surface area contributed by atoms with Crippen LogP contribution in [0, 0.1) is 5.82 Å². The van der Waals surface area contributed by atoms with Gasteiger partial charge in [0.1, 0.15) is 5.82 Å². The van der Waals surface area contributed by atoms with Gasteiger partial charge in [0.05, 0.1) is 10.7 Å². The number of hydrogen-bond donors (Lipinski definition) is 2. The third kappa shape index (κ3) is 4.31. The third-order valence-corrected chi connectivity index (χ3v) is 5.51. The second kappa shape index (κ2) is 8.92. The molecule has 0 fully saturated rings. The van der Waals surface area contributed by atoms with Gasteiger partial charge in [-0.1, -0.05) is 23.7 Å². The zero-order valence-electron chi connectivity index (χ0n) is 17.7. The van der Waals surface area contributed by atoms with E-state index in [0.717, 1.165) is 5.69 Å². The van der Waals surface area contributed by atoms with Gasteiger partial charge in [-0.15, -0.1) is 0 Å². The number of nitrogens with one attached hydrogen (secondary N) is 1. The molecule has 3 heterocycles. The molecule has 0 saturated heterocycles. The van der Waals surface area contributed by atoms with E-state index in [-0.39, 0.29) is 16.5 Å². The molecule has 0 atom stereocenters. The molecule has 0 unspecified atom stereocenters. The van der Waals surface area contributed by atoms with Crippen LogP contribution >= 0.6 is 11.6 Å². The summed E-state index contributed by atoms with van der Waals surface area (Å²) < 4.78 is 15.0. The Morgan fingerprint density at radius 1 is 1.03 bits per heavy atom. The van der Waals surface area contributed by atoms with Gasteiger partial charge in [-0.05, 0) is 54.6 Å². The lowest BCUT2D eigenvalue weighted by Crippen LogP contribution is -2.24. The Kier molecular flexibility index (Phi) is 5.65. The first kappa shape index (κ1) is 21.5. The van der Waals surface area contributed by atoms with Crippen molar-refractivity contribution in [3.05, 3.63) is 112 Å². The number of fused-ring (bicyclic) bond motifs is 1. The highest BCUT2D eigenvalue weighted by atomic mass is 35.5. The van der Waals surface area contributed by atoms with Crippen LogP contribution < -0.4 is 16.6 Å². The predicted molar refractivity (Wildman–Crippen MR) is 131 cm³/mol. The number of nitrogens with two attached hydrogens (primary N) is 1. The van der Waals surface area contributed by atoms with E-state index in [0.29, 0.717) is 40.1 Å². The van der Waals surface area contributed by atoms with Crippen LogP contribution in [0.1, 0.15) is 11.3 Å². The van der Waals surface area contributed by atoms with E-state index in [2.05, 4.69) is 20.3 Å². The van der Waals surface area contributed by atoms with Crippen molar-refractivity contribution >= 4 is 40.0 Å². The van der Waals surface area contributed by atoms with Crippen LogP contribution in [-0.4, -0.2) is 19.5 Å². The Morgan fingerprint density at radius 3 is 2.68 bits per heavy atom. The van der Waals surface area contributed by atoms with Gasteiger partial charge in [0.15, 0.2) is 5.65 Å². The summed E-state index contributed by atoms with van der Waals surface area (Å²) in [4.78, 5) is 26.9. The SMILES string of the molecule is Nc1cccc(-n2c(=O)c(Cc3ccccn3)cc3cnc(Nc4ccc(F)c(Cl)c4)nc32)c1. The Labute approximate surface area is 198 Å². The molecular formula is C25H18ClFN6O. The summed E-state index contributed by atoms with van der Waals surface area (Å²) in [6.07, 6.45) is 3.67. The molecule has 0 radical (unpaired) electrons. The van der Waals surface area contributed by atoms with Crippen molar-refractivity contribution in [2.45, 2.75) is 6.42 Å². The normalized spacial score (nSPS) is 11.0. The molecule has 34 heavy (non-hydrogen) atoms. The smallest absolute Gasteiger partial charge is 0.260 e.